The Labute approximate surface area is 472 Å². The molecule has 0 heterocycles. The number of carbonyl (C=O) groups is 3. The van der Waals surface area contributed by atoms with Crippen molar-refractivity contribution >= 4 is 17.9 Å². The lowest BCUT2D eigenvalue weighted by molar-refractivity contribution is -0.167. The third-order valence-electron chi connectivity index (χ3n) is 14.4. The quantitative estimate of drug-likeness (QED) is 0.0261. The molecule has 0 spiro atoms. The molecule has 76 heavy (non-hydrogen) atoms. The van der Waals surface area contributed by atoms with E-state index in [1.807, 2.05) is 0 Å². The van der Waals surface area contributed by atoms with Gasteiger partial charge < -0.3 is 14.2 Å². The summed E-state index contributed by atoms with van der Waals surface area (Å²) in [7, 11) is 0. The van der Waals surface area contributed by atoms with Gasteiger partial charge in [-0.25, -0.2) is 0 Å². The third kappa shape index (κ3) is 61.7. The highest BCUT2D eigenvalue weighted by Crippen LogP contribution is 2.17. The van der Waals surface area contributed by atoms with Crippen molar-refractivity contribution in [1.82, 2.24) is 0 Å². The molecular formula is C70H124O6. The molecule has 0 aliphatic carbocycles. The Hall–Kier alpha value is -3.15. The van der Waals surface area contributed by atoms with E-state index in [4.69, 9.17) is 14.2 Å². The minimum absolute atomic E-state index is 0.0738. The second-order valence-corrected chi connectivity index (χ2v) is 22.0. The van der Waals surface area contributed by atoms with Crippen molar-refractivity contribution in [2.75, 3.05) is 13.2 Å². The largest absolute Gasteiger partial charge is 0.462 e. The number of allylic oxidation sites excluding steroid dienone is 12. The molecule has 0 saturated heterocycles. The Morgan fingerprint density at radius 1 is 0.276 bits per heavy atom. The zero-order valence-corrected chi connectivity index (χ0v) is 50.5. The first kappa shape index (κ1) is 72.8. The van der Waals surface area contributed by atoms with Crippen LogP contribution in [0.5, 0.6) is 0 Å². The number of unbranched alkanes of at least 4 members (excludes halogenated alkanes) is 37. The summed E-state index contributed by atoms with van der Waals surface area (Å²) in [6, 6.07) is 0. The normalized spacial score (nSPS) is 12.5. The van der Waals surface area contributed by atoms with Crippen LogP contribution in [0.1, 0.15) is 335 Å². The summed E-state index contributed by atoms with van der Waals surface area (Å²) in [5, 5.41) is 0. The Balaban J connectivity index is 4.03. The van der Waals surface area contributed by atoms with Crippen molar-refractivity contribution in [2.24, 2.45) is 0 Å². The second-order valence-electron chi connectivity index (χ2n) is 22.0. The van der Waals surface area contributed by atoms with Crippen LogP contribution in [0.4, 0.5) is 0 Å². The first-order valence-corrected chi connectivity index (χ1v) is 32.9. The summed E-state index contributed by atoms with van der Waals surface area (Å²) in [4.78, 5) is 38.0. The molecule has 0 amide bonds. The zero-order chi connectivity index (χ0) is 55.0. The van der Waals surface area contributed by atoms with E-state index < -0.39 is 6.10 Å². The van der Waals surface area contributed by atoms with Crippen LogP contribution in [0.25, 0.3) is 0 Å². The van der Waals surface area contributed by atoms with Gasteiger partial charge in [0.25, 0.3) is 0 Å². The molecule has 1 atom stereocenters. The van der Waals surface area contributed by atoms with E-state index in [0.29, 0.717) is 19.3 Å². The monoisotopic (exact) mass is 1060 g/mol. The van der Waals surface area contributed by atoms with Gasteiger partial charge >= 0.3 is 17.9 Å². The van der Waals surface area contributed by atoms with Crippen molar-refractivity contribution in [1.29, 1.82) is 0 Å². The van der Waals surface area contributed by atoms with Crippen LogP contribution in [-0.2, 0) is 28.6 Å². The van der Waals surface area contributed by atoms with Gasteiger partial charge in [-0.1, -0.05) is 299 Å². The van der Waals surface area contributed by atoms with Crippen LogP contribution in [0.3, 0.4) is 0 Å². The van der Waals surface area contributed by atoms with Crippen molar-refractivity contribution < 1.29 is 28.6 Å². The van der Waals surface area contributed by atoms with E-state index in [2.05, 4.69) is 93.7 Å². The van der Waals surface area contributed by atoms with Crippen LogP contribution in [-0.4, -0.2) is 37.2 Å². The second kappa shape index (κ2) is 64.4. The van der Waals surface area contributed by atoms with Gasteiger partial charge in [-0.3, -0.25) is 14.4 Å². The molecule has 440 valence electrons. The van der Waals surface area contributed by atoms with E-state index in [0.717, 1.165) is 89.9 Å². The van der Waals surface area contributed by atoms with Crippen LogP contribution in [0.15, 0.2) is 72.9 Å². The van der Waals surface area contributed by atoms with Crippen LogP contribution in [0.2, 0.25) is 0 Å². The Bertz CT molecular complexity index is 1400. The van der Waals surface area contributed by atoms with Gasteiger partial charge in [0.05, 0.1) is 0 Å². The van der Waals surface area contributed by atoms with Crippen molar-refractivity contribution in [3.05, 3.63) is 72.9 Å². The van der Waals surface area contributed by atoms with Crippen molar-refractivity contribution in [3.63, 3.8) is 0 Å². The number of esters is 3. The number of ether oxygens (including phenoxy) is 3. The maximum atomic E-state index is 12.9. The number of rotatable bonds is 60. The molecule has 0 aromatic carbocycles. The Morgan fingerprint density at radius 3 is 0.803 bits per heavy atom. The first-order valence-electron chi connectivity index (χ1n) is 32.9. The molecule has 0 radical (unpaired) electrons. The summed E-state index contributed by atoms with van der Waals surface area (Å²) in [5.41, 5.74) is 0. The smallest absolute Gasteiger partial charge is 0.306 e. The highest BCUT2D eigenvalue weighted by atomic mass is 16.6. The van der Waals surface area contributed by atoms with E-state index in [-0.39, 0.29) is 31.1 Å². The summed E-state index contributed by atoms with van der Waals surface area (Å²) >= 11 is 0. The van der Waals surface area contributed by atoms with E-state index in [9.17, 15) is 14.4 Å². The lowest BCUT2D eigenvalue weighted by atomic mass is 10.0. The predicted octanol–water partition coefficient (Wildman–Crippen LogP) is 22.5. The van der Waals surface area contributed by atoms with Crippen LogP contribution < -0.4 is 0 Å². The predicted molar refractivity (Wildman–Crippen MR) is 330 cm³/mol. The fraction of sp³-hybridized carbons (Fsp3) is 0.786. The molecule has 0 fully saturated rings. The van der Waals surface area contributed by atoms with Gasteiger partial charge in [-0.15, -0.1) is 0 Å². The highest BCUT2D eigenvalue weighted by Gasteiger charge is 2.19. The molecule has 1 unspecified atom stereocenters. The molecule has 0 aromatic rings. The van der Waals surface area contributed by atoms with Crippen molar-refractivity contribution in [2.45, 2.75) is 341 Å². The number of carbonyl (C=O) groups excluding carboxylic acids is 3. The Morgan fingerprint density at radius 2 is 0.513 bits per heavy atom. The maximum Gasteiger partial charge on any atom is 0.306 e. The summed E-state index contributed by atoms with van der Waals surface area (Å²) in [5.74, 6) is -0.873. The molecule has 6 heteroatoms. The lowest BCUT2D eigenvalue weighted by Crippen LogP contribution is -2.30. The average Bonchev–Trinajstić information content (AvgIpc) is 3.42. The molecule has 0 aliphatic rings. The van der Waals surface area contributed by atoms with Gasteiger partial charge in [0.1, 0.15) is 13.2 Å². The highest BCUT2D eigenvalue weighted by molar-refractivity contribution is 5.71. The number of hydrogen-bond acceptors (Lipinski definition) is 6. The topological polar surface area (TPSA) is 78.9 Å². The minimum atomic E-state index is -0.774. The van der Waals surface area contributed by atoms with Gasteiger partial charge in [0.15, 0.2) is 6.10 Å². The summed E-state index contributed by atoms with van der Waals surface area (Å²) in [6.45, 7) is 6.49. The maximum absolute atomic E-state index is 12.9. The molecular weight excluding hydrogens is 937 g/mol. The standard InChI is InChI=1S/C70H124O6/c1-4-7-10-13-16-18-20-22-24-26-28-30-32-33-34-35-36-37-39-40-42-44-46-48-50-52-54-57-60-63-69(72)75-66-67(65-74-68(71)62-59-56-15-12-9-6-3)76-70(73)64-61-58-55-53-51-49-47-45-43-41-38-31-29-27-25-23-21-19-17-14-11-8-5-2/h8,11,17,19-20,22-23,25-26,28-29,31,67H,4-7,9-10,12-16,18,21,24,27,30,32-66H2,1-3H3/b11-8-,19-17-,22-20-,25-23-,28-26-,31-29-. The van der Waals surface area contributed by atoms with Gasteiger partial charge in [0.2, 0.25) is 0 Å². The van der Waals surface area contributed by atoms with Gasteiger partial charge in [-0.2, -0.15) is 0 Å². The van der Waals surface area contributed by atoms with E-state index in [1.165, 1.54) is 205 Å². The minimum Gasteiger partial charge on any atom is -0.462 e. The SMILES string of the molecule is CC/C=C\C/C=C\C/C=C\C/C=C\CCCCCCCCCCCCC(=O)OC(COC(=O)CCCCCCCC)COC(=O)CCCCCCCCCCCCCCCCCCC/C=C\C/C=C\CCCCCCC. The van der Waals surface area contributed by atoms with Gasteiger partial charge in [-0.05, 0) is 89.9 Å². The molecule has 0 rings (SSSR count). The molecule has 0 N–H and O–H groups in total. The molecule has 0 aromatic heterocycles. The molecule has 0 bridgehead atoms. The molecule has 0 aliphatic heterocycles. The number of hydrogen-bond donors (Lipinski definition) is 0. The first-order chi connectivity index (χ1) is 37.5. The van der Waals surface area contributed by atoms with Gasteiger partial charge in [0, 0.05) is 19.3 Å². The molecule has 6 nitrogen and oxygen atoms in total. The fourth-order valence-corrected chi connectivity index (χ4v) is 9.53. The van der Waals surface area contributed by atoms with Crippen LogP contribution >= 0.6 is 0 Å². The van der Waals surface area contributed by atoms with E-state index >= 15 is 0 Å². The summed E-state index contributed by atoms with van der Waals surface area (Å²) < 4.78 is 16.8. The molecule has 0 saturated carbocycles. The summed E-state index contributed by atoms with van der Waals surface area (Å²) in [6.07, 6.45) is 83.9. The fourth-order valence-electron chi connectivity index (χ4n) is 9.53. The lowest BCUT2D eigenvalue weighted by Gasteiger charge is -2.18. The van der Waals surface area contributed by atoms with E-state index in [1.54, 1.807) is 0 Å². The zero-order valence-electron chi connectivity index (χ0n) is 50.5. The van der Waals surface area contributed by atoms with Crippen molar-refractivity contribution in [3.8, 4) is 0 Å². The Kier molecular flexibility index (Phi) is 61.7. The third-order valence-corrected chi connectivity index (χ3v) is 14.4. The average molecular weight is 1060 g/mol. The van der Waals surface area contributed by atoms with Crippen LogP contribution in [0, 0.1) is 0 Å².